The van der Waals surface area contributed by atoms with Crippen LogP contribution in [0.1, 0.15) is 20.8 Å². The van der Waals surface area contributed by atoms with Crippen LogP contribution in [-0.4, -0.2) is 154 Å². The predicted molar refractivity (Wildman–Crippen MR) is 242 cm³/mol. The number of nitrogens with one attached hydrogen (secondary N) is 1. The third-order valence-electron chi connectivity index (χ3n) is 8.84. The van der Waals surface area contributed by atoms with Gasteiger partial charge in [-0.1, -0.05) is 31.9 Å². The number of hydrogen-bond acceptors (Lipinski definition) is 19. The highest BCUT2D eigenvalue weighted by Crippen LogP contribution is 2.33. The van der Waals surface area contributed by atoms with E-state index in [0.717, 1.165) is 35.6 Å². The van der Waals surface area contributed by atoms with E-state index < -0.39 is 66.1 Å². The largest absolute Gasteiger partial charge is 0.482 e. The molecular formula is C46H60FNO18S. The molecule has 3 unspecified atom stereocenters. The molecule has 1 amide bonds. The average Bonchev–Trinajstić information content (AvgIpc) is 3.32. The fraction of sp³-hybridized carbons (Fsp3) is 0.500. The number of fused-ring (bicyclic) bond motifs is 2. The number of halogens is 1. The van der Waals surface area contributed by atoms with E-state index in [9.17, 15) is 24.0 Å². The van der Waals surface area contributed by atoms with E-state index in [-0.39, 0.29) is 115 Å². The Hall–Kier alpha value is -5.20. The summed E-state index contributed by atoms with van der Waals surface area (Å²) in [5, 5.41) is 3.12. The standard InChI is InChI=1S/C46H60FNO18S/c1-7-40(50)60-25-19-54-16-22-57-32(4)64-29-46(30-65-33(5)58-23-17-55-20-26-61-41(51)8-2,31-66-34(6)59-24-18-56-21-27-62-42(52)9-3)48-39(49)28-63-37-15-14-36(47)43-44(53)35-12-10-11-13-38(35)67-45(37)43/h7-15,32-34H,1-3,16-31H2,4-6H3,(H,48,49). The molecule has 0 aliphatic rings. The first-order valence-corrected chi connectivity index (χ1v) is 22.0. The van der Waals surface area contributed by atoms with Gasteiger partial charge in [0.15, 0.2) is 30.9 Å². The van der Waals surface area contributed by atoms with Crippen molar-refractivity contribution in [3.8, 4) is 5.75 Å². The van der Waals surface area contributed by atoms with Crippen LogP contribution in [-0.2, 0) is 76.0 Å². The van der Waals surface area contributed by atoms with E-state index in [1.807, 2.05) is 0 Å². The Morgan fingerprint density at radius 1 is 0.627 bits per heavy atom. The zero-order chi connectivity index (χ0) is 48.9. The monoisotopic (exact) mass is 965 g/mol. The molecule has 3 atom stereocenters. The van der Waals surface area contributed by atoms with Crippen LogP contribution in [0.15, 0.2) is 79.2 Å². The summed E-state index contributed by atoms with van der Waals surface area (Å²) in [5.41, 5.74) is -1.99. The fourth-order valence-electron chi connectivity index (χ4n) is 5.54. The lowest BCUT2D eigenvalue weighted by Crippen LogP contribution is -2.60. The first kappa shape index (κ1) is 56.1. The zero-order valence-electron chi connectivity index (χ0n) is 38.0. The number of carbonyl (C=O) groups is 4. The molecule has 3 rings (SSSR count). The van der Waals surface area contributed by atoms with Gasteiger partial charge in [0.2, 0.25) is 0 Å². The summed E-state index contributed by atoms with van der Waals surface area (Å²) in [6.45, 7) is 14.7. The van der Waals surface area contributed by atoms with E-state index in [2.05, 4.69) is 25.1 Å². The maximum absolute atomic E-state index is 15.1. The van der Waals surface area contributed by atoms with E-state index in [4.69, 9.17) is 61.6 Å². The lowest BCUT2D eigenvalue weighted by Gasteiger charge is -2.36. The van der Waals surface area contributed by atoms with E-state index in [0.29, 0.717) is 10.1 Å². The Morgan fingerprint density at radius 2 is 1.06 bits per heavy atom. The molecule has 0 aliphatic heterocycles. The smallest absolute Gasteiger partial charge is 0.330 e. The second kappa shape index (κ2) is 31.7. The highest BCUT2D eigenvalue weighted by atomic mass is 32.1. The summed E-state index contributed by atoms with van der Waals surface area (Å²) < 4.78 is 88.5. The van der Waals surface area contributed by atoms with Crippen LogP contribution in [0.3, 0.4) is 0 Å². The molecule has 0 spiro atoms. The Balaban J connectivity index is 1.77. The predicted octanol–water partition coefficient (Wildman–Crippen LogP) is 4.16. The van der Waals surface area contributed by atoms with Gasteiger partial charge in [-0.05, 0) is 45.0 Å². The lowest BCUT2D eigenvalue weighted by atomic mass is 10.0. The Bertz CT molecular complexity index is 1990. The summed E-state index contributed by atoms with van der Waals surface area (Å²) in [6, 6.07) is 9.26. The minimum absolute atomic E-state index is 0.0299. The van der Waals surface area contributed by atoms with Crippen molar-refractivity contribution in [1.29, 1.82) is 0 Å². The van der Waals surface area contributed by atoms with Gasteiger partial charge in [0.05, 0.1) is 89.4 Å². The van der Waals surface area contributed by atoms with Crippen LogP contribution < -0.4 is 15.5 Å². The minimum Gasteiger partial charge on any atom is -0.482 e. The molecule has 0 saturated heterocycles. The average molecular weight is 966 g/mol. The SMILES string of the molecule is C=CC(=O)OCCOCCOC(C)OCC(COC(C)OCCOCCOC(=O)C=C)(COC(C)OCCOCCOC(=O)C=C)NC(=O)COc1ccc(F)c2c(=O)c3ccccc3sc12. The van der Waals surface area contributed by atoms with Gasteiger partial charge < -0.3 is 66.9 Å². The summed E-state index contributed by atoms with van der Waals surface area (Å²) in [4.78, 5) is 61.0. The number of esters is 3. The van der Waals surface area contributed by atoms with Crippen LogP contribution in [0.4, 0.5) is 4.39 Å². The van der Waals surface area contributed by atoms with Crippen LogP contribution in [0.5, 0.6) is 5.75 Å². The molecular weight excluding hydrogens is 906 g/mol. The molecule has 0 fully saturated rings. The number of ether oxygens (including phenoxy) is 13. The van der Waals surface area contributed by atoms with Crippen molar-refractivity contribution >= 4 is 55.3 Å². The van der Waals surface area contributed by atoms with Crippen molar-refractivity contribution < 1.29 is 85.1 Å². The highest BCUT2D eigenvalue weighted by molar-refractivity contribution is 7.24. The molecule has 0 bridgehead atoms. The quantitative estimate of drug-likeness (QED) is 0.0214. The molecule has 21 heteroatoms. The zero-order valence-corrected chi connectivity index (χ0v) is 38.8. The Labute approximate surface area is 391 Å². The molecule has 67 heavy (non-hydrogen) atoms. The van der Waals surface area contributed by atoms with Gasteiger partial charge >= 0.3 is 17.9 Å². The molecule has 0 aliphatic carbocycles. The van der Waals surface area contributed by atoms with Crippen LogP contribution >= 0.6 is 11.3 Å². The number of amides is 1. The third-order valence-corrected chi connectivity index (χ3v) is 10.0. The summed E-state index contributed by atoms with van der Waals surface area (Å²) in [6.07, 6.45) is 0.577. The van der Waals surface area contributed by atoms with Crippen LogP contribution in [0.25, 0.3) is 20.2 Å². The van der Waals surface area contributed by atoms with Crippen molar-refractivity contribution in [1.82, 2.24) is 5.32 Å². The first-order chi connectivity index (χ1) is 32.3. The molecule has 1 heterocycles. The van der Waals surface area contributed by atoms with Gasteiger partial charge in [0.25, 0.3) is 5.91 Å². The van der Waals surface area contributed by atoms with E-state index in [1.54, 1.807) is 45.0 Å². The van der Waals surface area contributed by atoms with Crippen molar-refractivity contribution in [3.05, 3.63) is 90.4 Å². The summed E-state index contributed by atoms with van der Waals surface area (Å²) in [7, 11) is 0. The van der Waals surface area contributed by atoms with Gasteiger partial charge in [0, 0.05) is 28.3 Å². The molecule has 2 aromatic carbocycles. The Morgan fingerprint density at radius 3 is 1.51 bits per heavy atom. The molecule has 3 aromatic rings. The van der Waals surface area contributed by atoms with Gasteiger partial charge in [-0.2, -0.15) is 0 Å². The van der Waals surface area contributed by atoms with Crippen molar-refractivity contribution in [2.45, 2.75) is 45.2 Å². The van der Waals surface area contributed by atoms with Gasteiger partial charge in [-0.15, -0.1) is 11.3 Å². The van der Waals surface area contributed by atoms with Crippen molar-refractivity contribution in [2.24, 2.45) is 0 Å². The second-order valence-electron chi connectivity index (χ2n) is 14.0. The topological polar surface area (TPSA) is 217 Å². The van der Waals surface area contributed by atoms with Crippen LogP contribution in [0.2, 0.25) is 0 Å². The normalized spacial score (nSPS) is 13.5. The fourth-order valence-corrected chi connectivity index (χ4v) is 6.70. The number of benzene rings is 2. The summed E-state index contributed by atoms with van der Waals surface area (Å²) >= 11 is 1.15. The van der Waals surface area contributed by atoms with Crippen LogP contribution in [0, 0.1) is 5.82 Å². The maximum atomic E-state index is 15.1. The number of hydrogen-bond donors (Lipinski definition) is 1. The number of rotatable bonds is 37. The summed E-state index contributed by atoms with van der Waals surface area (Å²) in [5.74, 6) is -2.99. The minimum atomic E-state index is -1.48. The van der Waals surface area contributed by atoms with E-state index >= 15 is 4.39 Å². The van der Waals surface area contributed by atoms with Gasteiger partial charge in [-0.25, -0.2) is 18.8 Å². The molecule has 370 valence electrons. The molecule has 1 aromatic heterocycles. The Kier molecular flexibility index (Phi) is 26.6. The molecule has 19 nitrogen and oxygen atoms in total. The van der Waals surface area contributed by atoms with Crippen molar-refractivity contribution in [3.63, 3.8) is 0 Å². The number of carbonyl (C=O) groups excluding carboxylic acids is 4. The van der Waals surface area contributed by atoms with Gasteiger partial charge in [0.1, 0.15) is 36.9 Å². The molecule has 1 N–H and O–H groups in total. The maximum Gasteiger partial charge on any atom is 0.330 e. The molecule has 0 saturated carbocycles. The lowest BCUT2D eigenvalue weighted by molar-refractivity contribution is -0.202. The highest BCUT2D eigenvalue weighted by Gasteiger charge is 2.36. The molecule has 0 radical (unpaired) electrons. The second-order valence-corrected chi connectivity index (χ2v) is 15.0. The van der Waals surface area contributed by atoms with Crippen molar-refractivity contribution in [2.75, 3.05) is 106 Å². The van der Waals surface area contributed by atoms with E-state index in [1.165, 1.54) is 6.07 Å². The third kappa shape index (κ3) is 21.5. The first-order valence-electron chi connectivity index (χ1n) is 21.2. The van der Waals surface area contributed by atoms with Gasteiger partial charge in [-0.3, -0.25) is 9.59 Å².